The number of alkyl halides is 3. The Morgan fingerprint density at radius 2 is 1.87 bits per heavy atom. The van der Waals surface area contributed by atoms with Crippen molar-refractivity contribution in [1.29, 1.82) is 0 Å². The van der Waals surface area contributed by atoms with Gasteiger partial charge in [0.1, 0.15) is 5.69 Å². The summed E-state index contributed by atoms with van der Waals surface area (Å²) in [6, 6.07) is 8.16. The van der Waals surface area contributed by atoms with Crippen molar-refractivity contribution in [2.75, 3.05) is 12.4 Å². The van der Waals surface area contributed by atoms with E-state index in [0.717, 1.165) is 5.56 Å². The molecular formula is C19H15ClF3N5O2. The average molecular weight is 438 g/mol. The second-order valence-electron chi connectivity index (χ2n) is 6.22. The molecule has 0 fully saturated rings. The molecule has 1 aromatic carbocycles. The average Bonchev–Trinajstić information content (AvgIpc) is 3.15. The molecule has 0 aliphatic rings. The van der Waals surface area contributed by atoms with Gasteiger partial charge < -0.3 is 10.6 Å². The van der Waals surface area contributed by atoms with E-state index in [1.807, 2.05) is 0 Å². The number of amides is 2. The summed E-state index contributed by atoms with van der Waals surface area (Å²) in [6.45, 7) is 1.76. The summed E-state index contributed by atoms with van der Waals surface area (Å²) in [6.07, 6.45) is -3.49. The lowest BCUT2D eigenvalue weighted by atomic mass is 10.1. The Morgan fingerprint density at radius 3 is 2.50 bits per heavy atom. The predicted molar refractivity (Wildman–Crippen MR) is 104 cm³/mol. The lowest BCUT2D eigenvalue weighted by molar-refractivity contribution is -0.141. The third-order valence-electron chi connectivity index (χ3n) is 4.07. The lowest BCUT2D eigenvalue weighted by Gasteiger charge is -2.12. The molecule has 2 heterocycles. The molecule has 2 amide bonds. The van der Waals surface area contributed by atoms with E-state index in [1.165, 1.54) is 31.4 Å². The quantitative estimate of drug-likeness (QED) is 0.648. The monoisotopic (exact) mass is 437 g/mol. The van der Waals surface area contributed by atoms with Crippen LogP contribution in [-0.4, -0.2) is 33.6 Å². The zero-order valence-electron chi connectivity index (χ0n) is 15.7. The number of aryl methyl sites for hydroxylation is 1. The van der Waals surface area contributed by atoms with Gasteiger partial charge in [-0.15, -0.1) is 0 Å². The zero-order chi connectivity index (χ0) is 22.1. The highest BCUT2D eigenvalue weighted by Gasteiger charge is 2.36. The third-order valence-corrected chi connectivity index (χ3v) is 4.36. The number of nitrogens with one attached hydrogen (secondary N) is 2. The molecule has 3 aromatic rings. The van der Waals surface area contributed by atoms with Crippen LogP contribution >= 0.6 is 11.6 Å². The Bertz CT molecular complexity index is 1130. The van der Waals surface area contributed by atoms with Gasteiger partial charge >= 0.3 is 6.18 Å². The highest BCUT2D eigenvalue weighted by Crippen LogP contribution is 2.31. The van der Waals surface area contributed by atoms with Crippen molar-refractivity contribution in [3.63, 3.8) is 0 Å². The molecule has 2 N–H and O–H groups in total. The van der Waals surface area contributed by atoms with Crippen molar-refractivity contribution in [2.24, 2.45) is 0 Å². The molecule has 0 spiro atoms. The number of hydrogen-bond acceptors (Lipinski definition) is 4. The van der Waals surface area contributed by atoms with Gasteiger partial charge in [-0.2, -0.15) is 18.3 Å². The van der Waals surface area contributed by atoms with E-state index < -0.39 is 29.4 Å². The Kier molecular flexibility index (Phi) is 5.79. The van der Waals surface area contributed by atoms with Crippen LogP contribution in [0.1, 0.15) is 32.1 Å². The fourth-order valence-corrected chi connectivity index (χ4v) is 2.85. The highest BCUT2D eigenvalue weighted by atomic mass is 35.5. The molecule has 3 rings (SSSR count). The summed E-state index contributed by atoms with van der Waals surface area (Å²) in [7, 11) is 1.42. The zero-order valence-corrected chi connectivity index (χ0v) is 16.5. The first-order chi connectivity index (χ1) is 14.1. The second-order valence-corrected chi connectivity index (χ2v) is 6.62. The van der Waals surface area contributed by atoms with Gasteiger partial charge in [0.25, 0.3) is 11.8 Å². The minimum absolute atomic E-state index is 0.00441. The van der Waals surface area contributed by atoms with Crippen LogP contribution in [0.15, 0.2) is 42.6 Å². The lowest BCUT2D eigenvalue weighted by Crippen LogP contribution is -2.23. The number of aromatic nitrogens is 3. The number of benzene rings is 1. The van der Waals surface area contributed by atoms with E-state index in [9.17, 15) is 22.8 Å². The summed E-state index contributed by atoms with van der Waals surface area (Å²) in [5.41, 5.74) is -0.699. The molecule has 156 valence electrons. The largest absolute Gasteiger partial charge is 0.435 e. The summed E-state index contributed by atoms with van der Waals surface area (Å²) < 4.78 is 40.4. The third kappa shape index (κ3) is 4.28. The van der Waals surface area contributed by atoms with Crippen LogP contribution in [0, 0.1) is 6.92 Å². The normalized spacial score (nSPS) is 11.3. The molecule has 30 heavy (non-hydrogen) atoms. The highest BCUT2D eigenvalue weighted by molar-refractivity contribution is 6.32. The van der Waals surface area contributed by atoms with E-state index in [2.05, 4.69) is 20.7 Å². The Balaban J connectivity index is 2.08. The van der Waals surface area contributed by atoms with Crippen LogP contribution in [0.3, 0.4) is 0 Å². The molecule has 7 nitrogen and oxygen atoms in total. The fraction of sp³-hybridized carbons (Fsp3) is 0.158. The maximum absolute atomic E-state index is 13.2. The SMILES string of the molecule is CNC(=O)c1cc(C)ccc1NC(=O)c1cc(C(F)(F)F)nn1-c1ncccc1Cl. The van der Waals surface area contributed by atoms with E-state index in [4.69, 9.17) is 11.6 Å². The number of carbonyl (C=O) groups excluding carboxylic acids is 2. The van der Waals surface area contributed by atoms with Crippen LogP contribution < -0.4 is 10.6 Å². The maximum Gasteiger partial charge on any atom is 0.435 e. The number of rotatable bonds is 4. The van der Waals surface area contributed by atoms with E-state index in [1.54, 1.807) is 19.1 Å². The summed E-state index contributed by atoms with van der Waals surface area (Å²) in [5, 5.41) is 8.38. The fourth-order valence-electron chi connectivity index (χ4n) is 2.65. The number of halogens is 4. The Labute approximate surface area is 173 Å². The molecule has 0 unspecified atom stereocenters. The minimum atomic E-state index is -4.79. The van der Waals surface area contributed by atoms with Crippen LogP contribution in [-0.2, 0) is 6.18 Å². The van der Waals surface area contributed by atoms with Crippen molar-refractivity contribution in [1.82, 2.24) is 20.1 Å². The van der Waals surface area contributed by atoms with Gasteiger partial charge in [0, 0.05) is 19.3 Å². The van der Waals surface area contributed by atoms with Gasteiger partial charge in [-0.25, -0.2) is 9.67 Å². The first-order valence-corrected chi connectivity index (χ1v) is 8.92. The van der Waals surface area contributed by atoms with Crippen molar-refractivity contribution >= 4 is 29.1 Å². The summed E-state index contributed by atoms with van der Waals surface area (Å²) in [5.74, 6) is -1.53. The van der Waals surface area contributed by atoms with Crippen molar-refractivity contribution in [2.45, 2.75) is 13.1 Å². The van der Waals surface area contributed by atoms with Gasteiger partial charge in [0.15, 0.2) is 11.5 Å². The van der Waals surface area contributed by atoms with E-state index in [0.29, 0.717) is 10.7 Å². The first-order valence-electron chi connectivity index (χ1n) is 8.54. The van der Waals surface area contributed by atoms with Crippen LogP contribution in [0.2, 0.25) is 5.02 Å². The molecular weight excluding hydrogens is 423 g/mol. The van der Waals surface area contributed by atoms with Gasteiger partial charge in [-0.05, 0) is 31.2 Å². The second kappa shape index (κ2) is 8.15. The molecule has 11 heteroatoms. The van der Waals surface area contributed by atoms with Gasteiger partial charge in [-0.3, -0.25) is 9.59 Å². The summed E-state index contributed by atoms with van der Waals surface area (Å²) in [4.78, 5) is 28.9. The summed E-state index contributed by atoms with van der Waals surface area (Å²) >= 11 is 6.03. The Hall–Kier alpha value is -3.40. The molecule has 0 atom stereocenters. The molecule has 0 aliphatic carbocycles. The number of hydrogen-bond donors (Lipinski definition) is 2. The molecule has 0 aliphatic heterocycles. The van der Waals surface area contributed by atoms with Crippen molar-refractivity contribution in [3.05, 3.63) is 70.1 Å². The van der Waals surface area contributed by atoms with Gasteiger partial charge in [0.2, 0.25) is 0 Å². The van der Waals surface area contributed by atoms with Crippen LogP contribution in [0.5, 0.6) is 0 Å². The molecule has 2 aromatic heterocycles. The predicted octanol–water partition coefficient (Wildman–Crippen LogP) is 3.86. The standard InChI is InChI=1S/C19H15ClF3N5O2/c1-10-5-6-13(11(8-10)17(29)24-2)26-18(30)14-9-15(19(21,22)23)27-28(14)16-12(20)4-3-7-25-16/h3-9H,1-2H3,(H,24,29)(H,26,30). The first kappa shape index (κ1) is 21.3. The number of nitrogens with zero attached hydrogens (tertiary/aromatic N) is 3. The molecule has 0 bridgehead atoms. The van der Waals surface area contributed by atoms with Crippen LogP contribution in [0.4, 0.5) is 18.9 Å². The molecule has 0 saturated carbocycles. The van der Waals surface area contributed by atoms with Crippen molar-refractivity contribution < 1.29 is 22.8 Å². The molecule has 0 saturated heterocycles. The number of pyridine rings is 1. The van der Waals surface area contributed by atoms with E-state index in [-0.39, 0.29) is 22.1 Å². The number of carbonyl (C=O) groups is 2. The topological polar surface area (TPSA) is 88.9 Å². The van der Waals surface area contributed by atoms with Gasteiger partial charge in [0.05, 0.1) is 16.3 Å². The maximum atomic E-state index is 13.2. The van der Waals surface area contributed by atoms with Crippen LogP contribution in [0.25, 0.3) is 5.82 Å². The minimum Gasteiger partial charge on any atom is -0.355 e. The van der Waals surface area contributed by atoms with Gasteiger partial charge in [-0.1, -0.05) is 23.2 Å². The number of anilines is 1. The van der Waals surface area contributed by atoms with Crippen molar-refractivity contribution in [3.8, 4) is 5.82 Å². The molecule has 0 radical (unpaired) electrons. The smallest absolute Gasteiger partial charge is 0.355 e. The van der Waals surface area contributed by atoms with E-state index >= 15 is 0 Å². The Morgan fingerprint density at radius 1 is 1.13 bits per heavy atom.